The predicted molar refractivity (Wildman–Crippen MR) is 81.5 cm³/mol. The maximum absolute atomic E-state index is 12.4. The van der Waals surface area contributed by atoms with E-state index < -0.39 is 0 Å². The zero-order valence-corrected chi connectivity index (χ0v) is 13.2. The Labute approximate surface area is 131 Å². The number of nitrogens with one attached hydrogen (secondary N) is 1. The van der Waals surface area contributed by atoms with Gasteiger partial charge in [-0.2, -0.15) is 5.10 Å². The van der Waals surface area contributed by atoms with E-state index in [1.807, 2.05) is 16.5 Å². The van der Waals surface area contributed by atoms with Gasteiger partial charge in [0.1, 0.15) is 0 Å². The zero-order valence-electron chi connectivity index (χ0n) is 12.4. The third-order valence-electron chi connectivity index (χ3n) is 3.91. The summed E-state index contributed by atoms with van der Waals surface area (Å²) >= 11 is 0. The smallest absolute Gasteiger partial charge is 0.224 e. The second kappa shape index (κ2) is 7.24. The summed E-state index contributed by atoms with van der Waals surface area (Å²) in [6, 6.07) is 2.24. The molecule has 1 saturated heterocycles. The Morgan fingerprint density at radius 2 is 2.38 bits per heavy atom. The quantitative estimate of drug-likeness (QED) is 0.874. The van der Waals surface area contributed by atoms with E-state index >= 15 is 0 Å². The molecule has 2 aliphatic heterocycles. The highest BCUT2D eigenvalue weighted by atomic mass is 35.5. The van der Waals surface area contributed by atoms with Gasteiger partial charge in [0.25, 0.3) is 0 Å². The van der Waals surface area contributed by atoms with E-state index in [1.165, 1.54) is 0 Å². The number of hydrogen-bond acceptors (Lipinski definition) is 4. The summed E-state index contributed by atoms with van der Waals surface area (Å²) in [6.45, 7) is 6.60. The Kier molecular flexibility index (Phi) is 5.61. The molecule has 1 fully saturated rings. The molecule has 0 bridgehead atoms. The molecule has 1 aromatic heterocycles. The molecule has 0 saturated carbocycles. The van der Waals surface area contributed by atoms with Crippen LogP contribution < -0.4 is 5.32 Å². The van der Waals surface area contributed by atoms with Crippen LogP contribution in [-0.4, -0.2) is 52.9 Å². The van der Waals surface area contributed by atoms with Crippen molar-refractivity contribution in [3.05, 3.63) is 17.5 Å². The van der Waals surface area contributed by atoms with Gasteiger partial charge in [-0.25, -0.2) is 0 Å². The second-order valence-electron chi connectivity index (χ2n) is 5.60. The van der Waals surface area contributed by atoms with Gasteiger partial charge in [0.05, 0.1) is 31.1 Å². The fourth-order valence-corrected chi connectivity index (χ4v) is 2.91. The third-order valence-corrected chi connectivity index (χ3v) is 3.91. The molecule has 2 aliphatic rings. The lowest BCUT2D eigenvalue weighted by atomic mass is 10.1. The van der Waals surface area contributed by atoms with Crippen LogP contribution in [0.25, 0.3) is 0 Å². The molecule has 6 nitrogen and oxygen atoms in total. The van der Waals surface area contributed by atoms with Gasteiger partial charge in [-0.05, 0) is 19.4 Å². The van der Waals surface area contributed by atoms with E-state index in [0.29, 0.717) is 19.6 Å². The van der Waals surface area contributed by atoms with Crippen molar-refractivity contribution in [1.82, 2.24) is 20.0 Å². The van der Waals surface area contributed by atoms with Gasteiger partial charge in [0.15, 0.2) is 0 Å². The Morgan fingerprint density at radius 3 is 3.14 bits per heavy atom. The van der Waals surface area contributed by atoms with Crippen molar-refractivity contribution in [1.29, 1.82) is 0 Å². The van der Waals surface area contributed by atoms with Crippen molar-refractivity contribution in [3.8, 4) is 0 Å². The number of amides is 1. The van der Waals surface area contributed by atoms with Crippen LogP contribution in [0.2, 0.25) is 0 Å². The molecule has 7 heteroatoms. The molecule has 0 aliphatic carbocycles. The highest BCUT2D eigenvalue weighted by molar-refractivity contribution is 5.85. The summed E-state index contributed by atoms with van der Waals surface area (Å²) in [6.07, 6.45) is 1.49. The van der Waals surface area contributed by atoms with Crippen molar-refractivity contribution < 1.29 is 9.53 Å². The molecule has 0 spiro atoms. The summed E-state index contributed by atoms with van der Waals surface area (Å²) in [4.78, 5) is 14.4. The highest BCUT2D eigenvalue weighted by Gasteiger charge is 2.23. The summed E-state index contributed by atoms with van der Waals surface area (Å²) < 4.78 is 7.44. The van der Waals surface area contributed by atoms with E-state index in [-0.39, 0.29) is 24.4 Å². The third kappa shape index (κ3) is 3.96. The zero-order chi connectivity index (χ0) is 13.9. The number of hydrogen-bond donors (Lipinski definition) is 1. The first-order valence-electron chi connectivity index (χ1n) is 7.34. The molecule has 1 aromatic rings. The molecule has 3 heterocycles. The van der Waals surface area contributed by atoms with E-state index in [9.17, 15) is 4.79 Å². The fourth-order valence-electron chi connectivity index (χ4n) is 2.91. The van der Waals surface area contributed by atoms with Crippen molar-refractivity contribution in [3.63, 3.8) is 0 Å². The molecule has 1 N–H and O–H groups in total. The molecule has 118 valence electrons. The molecule has 21 heavy (non-hydrogen) atoms. The first-order valence-corrected chi connectivity index (χ1v) is 7.34. The Hall–Kier alpha value is -1.11. The van der Waals surface area contributed by atoms with Gasteiger partial charge in [-0.3, -0.25) is 9.48 Å². The number of aryl methyl sites for hydroxylation is 2. The van der Waals surface area contributed by atoms with Crippen molar-refractivity contribution in [2.75, 3.05) is 26.3 Å². The van der Waals surface area contributed by atoms with Gasteiger partial charge >= 0.3 is 0 Å². The van der Waals surface area contributed by atoms with Crippen LogP contribution in [0.3, 0.4) is 0 Å². The van der Waals surface area contributed by atoms with Gasteiger partial charge in [0.2, 0.25) is 5.91 Å². The lowest BCUT2D eigenvalue weighted by Gasteiger charge is -2.26. The number of nitrogens with zero attached hydrogens (tertiary/aromatic N) is 3. The highest BCUT2D eigenvalue weighted by Crippen LogP contribution is 2.15. The first-order chi connectivity index (χ1) is 9.72. The molecule has 0 radical (unpaired) electrons. The molecule has 3 rings (SSSR count). The Bertz CT molecular complexity index is 485. The average Bonchev–Trinajstić information content (AvgIpc) is 2.67. The average molecular weight is 315 g/mol. The van der Waals surface area contributed by atoms with Crippen LogP contribution in [-0.2, 0) is 22.6 Å². The first kappa shape index (κ1) is 16.3. The van der Waals surface area contributed by atoms with E-state index in [0.717, 1.165) is 44.0 Å². The van der Waals surface area contributed by atoms with Gasteiger partial charge in [0, 0.05) is 32.1 Å². The number of ether oxygens (including phenoxy) is 1. The number of aromatic nitrogens is 2. The van der Waals surface area contributed by atoms with Crippen LogP contribution in [0, 0.1) is 6.92 Å². The molecule has 0 aromatic carbocycles. The summed E-state index contributed by atoms with van der Waals surface area (Å²) in [5, 5.41) is 7.80. The number of rotatable bonds is 2. The summed E-state index contributed by atoms with van der Waals surface area (Å²) in [5.74, 6) is 0.209. The Morgan fingerprint density at radius 1 is 1.52 bits per heavy atom. The minimum atomic E-state index is 0. The number of halogens is 1. The van der Waals surface area contributed by atoms with Gasteiger partial charge in [-0.15, -0.1) is 12.4 Å². The van der Waals surface area contributed by atoms with Crippen molar-refractivity contribution in [2.45, 2.75) is 38.9 Å². The Balaban J connectivity index is 0.00000161. The molecular formula is C14H23ClN4O2. The molecule has 1 amide bonds. The number of carbonyl (C=O) groups excluding carboxylic acids is 1. The predicted octanol–water partition coefficient (Wildman–Crippen LogP) is 0.724. The maximum Gasteiger partial charge on any atom is 0.224 e. The van der Waals surface area contributed by atoms with Gasteiger partial charge in [-0.1, -0.05) is 0 Å². The lowest BCUT2D eigenvalue weighted by Crippen LogP contribution is -2.45. The van der Waals surface area contributed by atoms with Crippen LogP contribution in [0.4, 0.5) is 0 Å². The topological polar surface area (TPSA) is 59.4 Å². The van der Waals surface area contributed by atoms with E-state index in [4.69, 9.17) is 4.74 Å². The molecular weight excluding hydrogens is 292 g/mol. The van der Waals surface area contributed by atoms with E-state index in [1.54, 1.807) is 0 Å². The lowest BCUT2D eigenvalue weighted by molar-refractivity contribution is -0.133. The minimum absolute atomic E-state index is 0. The summed E-state index contributed by atoms with van der Waals surface area (Å²) in [5.41, 5.74) is 2.16. The SMILES string of the molecule is Cc1cc2n(n1)CCCN(C(=O)CC1COCCN1)C2.Cl. The van der Waals surface area contributed by atoms with Crippen molar-refractivity contribution in [2.24, 2.45) is 0 Å². The van der Waals surface area contributed by atoms with Crippen LogP contribution >= 0.6 is 12.4 Å². The van der Waals surface area contributed by atoms with Crippen LogP contribution in [0.1, 0.15) is 24.2 Å². The maximum atomic E-state index is 12.4. The minimum Gasteiger partial charge on any atom is -0.378 e. The van der Waals surface area contributed by atoms with Crippen LogP contribution in [0.15, 0.2) is 6.07 Å². The standard InChI is InChI=1S/C14H22N4O2.ClH/c1-11-7-13-9-17(4-2-5-18(13)16-11)14(19)8-12-10-20-6-3-15-12;/h7,12,15H,2-6,8-10H2,1H3;1H. The monoisotopic (exact) mass is 314 g/mol. The van der Waals surface area contributed by atoms with Crippen molar-refractivity contribution >= 4 is 18.3 Å². The fraction of sp³-hybridized carbons (Fsp3) is 0.714. The number of fused-ring (bicyclic) bond motifs is 1. The van der Waals surface area contributed by atoms with E-state index in [2.05, 4.69) is 16.5 Å². The second-order valence-corrected chi connectivity index (χ2v) is 5.60. The number of carbonyl (C=O) groups is 1. The molecule has 1 atom stereocenters. The summed E-state index contributed by atoms with van der Waals surface area (Å²) in [7, 11) is 0. The van der Waals surface area contributed by atoms with Gasteiger partial charge < -0.3 is 15.0 Å². The van der Waals surface area contributed by atoms with Crippen LogP contribution in [0.5, 0.6) is 0 Å². The molecule has 1 unspecified atom stereocenters. The normalized spacial score (nSPS) is 22.1. The number of morpholine rings is 1. The largest absolute Gasteiger partial charge is 0.378 e.